The van der Waals surface area contributed by atoms with E-state index >= 15 is 0 Å². The zero-order chi connectivity index (χ0) is 45.4. The van der Waals surface area contributed by atoms with Crippen molar-refractivity contribution in [3.8, 4) is 17.1 Å². The minimum atomic E-state index is -1.24. The van der Waals surface area contributed by atoms with Gasteiger partial charge in [0.1, 0.15) is 41.2 Å². The van der Waals surface area contributed by atoms with Crippen LogP contribution in [0.25, 0.3) is 39.5 Å². The fourth-order valence-electron chi connectivity index (χ4n) is 6.44. The van der Waals surface area contributed by atoms with Crippen LogP contribution >= 0.6 is 0 Å². The van der Waals surface area contributed by atoms with Gasteiger partial charge in [0.2, 0.25) is 0 Å². The summed E-state index contributed by atoms with van der Waals surface area (Å²) >= 11 is 0. The molecule has 320 valence electrons. The molecule has 0 aliphatic heterocycles. The second-order valence-electron chi connectivity index (χ2n) is 13.5. The molecule has 11 nitrogen and oxygen atoms in total. The summed E-state index contributed by atoms with van der Waals surface area (Å²) < 4.78 is 23.9. The number of anilines is 3. The Bertz CT molecular complexity index is 3080. The number of rotatable bonds is 13. The fourth-order valence-corrected chi connectivity index (χ4v) is 6.44. The maximum absolute atomic E-state index is 14.4. The number of aromatic nitrogens is 4. The van der Waals surface area contributed by atoms with Gasteiger partial charge in [-0.15, -0.1) is 0 Å². The van der Waals surface area contributed by atoms with Gasteiger partial charge in [-0.05, 0) is 85.0 Å². The molecule has 4 heterocycles. The Labute approximate surface area is 369 Å². The number of pyridine rings is 4. The molecule has 0 spiro atoms. The first kappa shape index (κ1) is 44.9. The molecule has 0 radical (unpaired) electrons. The Kier molecular flexibility index (Phi) is 15.3. The molecule has 8 rings (SSSR count). The average Bonchev–Trinajstić information content (AvgIpc) is 3.32. The third-order valence-electron chi connectivity index (χ3n) is 9.27. The van der Waals surface area contributed by atoms with E-state index in [0.29, 0.717) is 40.7 Å². The number of fused-ring (bicyclic) bond motifs is 2. The summed E-state index contributed by atoms with van der Waals surface area (Å²) in [6.07, 6.45) is 6.64. The number of benzene rings is 4. The van der Waals surface area contributed by atoms with E-state index in [1.807, 2.05) is 140 Å². The van der Waals surface area contributed by atoms with Crippen LogP contribution in [0.15, 0.2) is 204 Å². The lowest BCUT2D eigenvalue weighted by atomic mass is 10.2. The van der Waals surface area contributed by atoms with Crippen molar-refractivity contribution < 1.29 is 19.0 Å². The number of para-hydroxylation sites is 4. The summed E-state index contributed by atoms with van der Waals surface area (Å²) in [4.78, 5) is 45.6. The highest BCUT2D eigenvalue weighted by atomic mass is 19.1. The zero-order valence-electron chi connectivity index (χ0n) is 35.2. The number of aliphatic carboxylic acids is 1. The highest BCUT2D eigenvalue weighted by molar-refractivity contribution is 5.87. The summed E-state index contributed by atoms with van der Waals surface area (Å²) in [6, 6.07) is 46.0. The number of nitrogens with one attached hydrogen (secondary N) is 2. The van der Waals surface area contributed by atoms with E-state index in [9.17, 15) is 18.8 Å². The van der Waals surface area contributed by atoms with E-state index in [1.54, 1.807) is 41.0 Å². The summed E-state index contributed by atoms with van der Waals surface area (Å²) in [5, 5.41) is 15.9. The van der Waals surface area contributed by atoms with Crippen molar-refractivity contribution in [2.45, 2.75) is 20.5 Å². The number of allylic oxidation sites excluding steroid dienone is 3. The topological polar surface area (TPSA) is 140 Å². The summed E-state index contributed by atoms with van der Waals surface area (Å²) in [5.74, 6) is -0.241. The fraction of sp³-hybridized carbons (Fsp3) is 0.0577. The van der Waals surface area contributed by atoms with Crippen molar-refractivity contribution >= 4 is 51.4 Å². The molecule has 0 atom stereocenters. The molecule has 3 N–H and O–H groups in total. The van der Waals surface area contributed by atoms with Gasteiger partial charge in [0.25, 0.3) is 0 Å². The third-order valence-corrected chi connectivity index (χ3v) is 9.27. The number of carboxylic acid groups (broad SMARTS) is 1. The van der Waals surface area contributed by atoms with Gasteiger partial charge in [0, 0.05) is 41.0 Å². The van der Waals surface area contributed by atoms with Crippen LogP contribution in [-0.4, -0.2) is 30.2 Å². The standard InChI is InChI=1S/C27H21N3O2.C23H18FN3O3.C2H6/c31-25-18-26(28-20-10-4-1-5-11-20)30(22-12-6-2-7-13-22)27-24(25)17-16-21(29-27)19-32-23-14-8-3-9-15-23;1-3-8-15(4-2)25-21-14-20(28)17-13-18(24)19(11-12-22(29)30)26-23(17)27(21)16-9-6-5-7-10-16;1-2/h1-18,28H,19H2;3-14,25H,1-2H2,(H,29,30);1-2H3/b;12-11+,15-8+;. The molecule has 0 unspecified atom stereocenters. The van der Waals surface area contributed by atoms with E-state index < -0.39 is 17.2 Å². The normalized spacial score (nSPS) is 10.9. The molecule has 0 amide bonds. The van der Waals surface area contributed by atoms with Crippen molar-refractivity contribution in [2.75, 3.05) is 10.6 Å². The lowest BCUT2D eigenvalue weighted by molar-refractivity contribution is -0.131. The van der Waals surface area contributed by atoms with Crippen molar-refractivity contribution in [3.05, 3.63) is 232 Å². The molecule has 4 aromatic carbocycles. The molecular formula is C52H45FN6O5. The minimum Gasteiger partial charge on any atom is -0.487 e. The zero-order valence-corrected chi connectivity index (χ0v) is 35.2. The van der Waals surface area contributed by atoms with Gasteiger partial charge in [-0.2, -0.15) is 0 Å². The van der Waals surface area contributed by atoms with Gasteiger partial charge in [0.15, 0.2) is 16.5 Å². The second-order valence-corrected chi connectivity index (χ2v) is 13.5. The van der Waals surface area contributed by atoms with Crippen LogP contribution in [0.1, 0.15) is 25.2 Å². The second kappa shape index (κ2) is 21.7. The number of hydrogen-bond acceptors (Lipinski definition) is 8. The Morgan fingerprint density at radius 2 is 1.27 bits per heavy atom. The molecule has 8 aromatic rings. The molecule has 0 aliphatic rings. The van der Waals surface area contributed by atoms with Crippen LogP contribution < -0.4 is 26.2 Å². The molecule has 12 heteroatoms. The van der Waals surface area contributed by atoms with Gasteiger partial charge >= 0.3 is 5.97 Å². The van der Waals surface area contributed by atoms with Gasteiger partial charge in [-0.1, -0.05) is 106 Å². The van der Waals surface area contributed by atoms with Gasteiger partial charge in [-0.3, -0.25) is 18.7 Å². The molecule has 0 saturated carbocycles. The molecule has 0 saturated heterocycles. The number of carboxylic acids is 1. The third kappa shape index (κ3) is 11.0. The first-order chi connectivity index (χ1) is 31.2. The first-order valence-corrected chi connectivity index (χ1v) is 20.3. The smallest absolute Gasteiger partial charge is 0.328 e. The highest BCUT2D eigenvalue weighted by Gasteiger charge is 2.17. The van der Waals surface area contributed by atoms with Crippen LogP contribution in [0.3, 0.4) is 0 Å². The molecule has 64 heavy (non-hydrogen) atoms. The van der Waals surface area contributed by atoms with Gasteiger partial charge in [0.05, 0.1) is 16.5 Å². The van der Waals surface area contributed by atoms with Crippen LogP contribution in [0.5, 0.6) is 5.75 Å². The van der Waals surface area contributed by atoms with E-state index in [4.69, 9.17) is 14.8 Å². The Hall–Kier alpha value is -8.64. The molecule has 0 fully saturated rings. The predicted octanol–water partition coefficient (Wildman–Crippen LogP) is 11.0. The Morgan fingerprint density at radius 1 is 0.719 bits per heavy atom. The van der Waals surface area contributed by atoms with Gasteiger partial charge in [-0.25, -0.2) is 19.2 Å². The van der Waals surface area contributed by atoms with E-state index in [2.05, 4.69) is 28.8 Å². The predicted molar refractivity (Wildman–Crippen MR) is 255 cm³/mol. The minimum absolute atomic E-state index is 0.0576. The molecule has 4 aromatic heterocycles. The van der Waals surface area contributed by atoms with Crippen molar-refractivity contribution in [1.29, 1.82) is 0 Å². The van der Waals surface area contributed by atoms with E-state index in [-0.39, 0.29) is 22.2 Å². The molecule has 0 aliphatic carbocycles. The largest absolute Gasteiger partial charge is 0.487 e. The van der Waals surface area contributed by atoms with Crippen LogP contribution in [0.2, 0.25) is 0 Å². The van der Waals surface area contributed by atoms with Crippen LogP contribution in [-0.2, 0) is 11.4 Å². The van der Waals surface area contributed by atoms with Crippen molar-refractivity contribution in [3.63, 3.8) is 0 Å². The summed E-state index contributed by atoms with van der Waals surface area (Å²) in [5.41, 5.74) is 3.81. The maximum atomic E-state index is 14.4. The number of nitrogens with zero attached hydrogens (tertiary/aromatic N) is 4. The van der Waals surface area contributed by atoms with E-state index in [0.717, 1.165) is 41.0 Å². The summed E-state index contributed by atoms with van der Waals surface area (Å²) in [6.45, 7) is 11.7. The number of carbonyl (C=O) groups is 1. The van der Waals surface area contributed by atoms with Crippen LogP contribution in [0.4, 0.5) is 21.7 Å². The molecular weight excluding hydrogens is 808 g/mol. The summed E-state index contributed by atoms with van der Waals surface area (Å²) in [7, 11) is 0. The number of ether oxygens (including phenoxy) is 1. The van der Waals surface area contributed by atoms with Crippen LogP contribution in [0, 0.1) is 5.82 Å². The SMILES string of the molecule is C=C/C=C(\C=C)Nc1cc(=O)c2cc(F)c(/C=C/C(=O)O)nc2n1-c1ccccc1.CC.O=c1cc(Nc2ccccc2)n(-c2ccccc2)c2nc(COc3ccccc3)ccc12. The van der Waals surface area contributed by atoms with Crippen molar-refractivity contribution in [1.82, 2.24) is 19.1 Å². The Balaban J connectivity index is 0.000000205. The molecule has 0 bridgehead atoms. The highest BCUT2D eigenvalue weighted by Crippen LogP contribution is 2.26. The lowest BCUT2D eigenvalue weighted by Gasteiger charge is -2.18. The van der Waals surface area contributed by atoms with Gasteiger partial charge < -0.3 is 20.5 Å². The number of hydrogen-bond donors (Lipinski definition) is 3. The Morgan fingerprint density at radius 3 is 1.86 bits per heavy atom. The average molecular weight is 853 g/mol. The monoisotopic (exact) mass is 852 g/mol. The van der Waals surface area contributed by atoms with E-state index in [1.165, 1.54) is 6.07 Å². The number of halogens is 1. The lowest BCUT2D eigenvalue weighted by Crippen LogP contribution is -2.15. The quantitative estimate of drug-likeness (QED) is 0.0764. The first-order valence-electron chi connectivity index (χ1n) is 20.3. The van der Waals surface area contributed by atoms with Crippen molar-refractivity contribution in [2.24, 2.45) is 0 Å². The maximum Gasteiger partial charge on any atom is 0.328 e.